The summed E-state index contributed by atoms with van der Waals surface area (Å²) < 4.78 is 0. The molecule has 0 saturated carbocycles. The van der Waals surface area contributed by atoms with E-state index in [9.17, 15) is 4.79 Å². The van der Waals surface area contributed by atoms with E-state index >= 15 is 0 Å². The number of nitrogens with zero attached hydrogens (tertiary/aromatic N) is 1. The van der Waals surface area contributed by atoms with Crippen molar-refractivity contribution in [3.05, 3.63) is 58.6 Å². The third kappa shape index (κ3) is 3.32. The van der Waals surface area contributed by atoms with Crippen LogP contribution < -0.4 is 5.32 Å². The highest BCUT2D eigenvalue weighted by Crippen LogP contribution is 2.21. The summed E-state index contributed by atoms with van der Waals surface area (Å²) in [6.07, 6.45) is 1.97. The molecule has 0 heterocycles. The first-order valence-corrected chi connectivity index (χ1v) is 7.39. The molecule has 0 atom stereocenters. The second-order valence-electron chi connectivity index (χ2n) is 3.98. The van der Waals surface area contributed by atoms with E-state index in [2.05, 4.69) is 5.32 Å². The quantitative estimate of drug-likeness (QED) is 0.865. The first-order chi connectivity index (χ1) is 9.63. The molecule has 1 amide bonds. The maximum atomic E-state index is 12.1. The standard InChI is InChI=1S/C15H11ClN2OS/c1-20-13-6-3-10(4-7-13)15(19)18-14-8-12(16)5-2-11(14)9-17/h2-8H,1H3,(H,18,19). The topological polar surface area (TPSA) is 52.9 Å². The minimum atomic E-state index is -0.267. The SMILES string of the molecule is CSc1ccc(C(=O)Nc2cc(Cl)ccc2C#N)cc1. The van der Waals surface area contributed by atoms with Gasteiger partial charge in [0, 0.05) is 15.5 Å². The van der Waals surface area contributed by atoms with Crippen molar-refractivity contribution in [3.8, 4) is 6.07 Å². The van der Waals surface area contributed by atoms with Gasteiger partial charge in [-0.3, -0.25) is 4.79 Å². The van der Waals surface area contributed by atoms with Gasteiger partial charge >= 0.3 is 0 Å². The van der Waals surface area contributed by atoms with Gasteiger partial charge in [0.1, 0.15) is 6.07 Å². The number of rotatable bonds is 3. The van der Waals surface area contributed by atoms with Crippen LogP contribution in [0.2, 0.25) is 5.02 Å². The van der Waals surface area contributed by atoms with Gasteiger partial charge in [0.25, 0.3) is 5.91 Å². The molecule has 0 aliphatic heterocycles. The molecule has 2 rings (SSSR count). The Balaban J connectivity index is 2.23. The largest absolute Gasteiger partial charge is 0.321 e. The third-order valence-corrected chi connectivity index (χ3v) is 3.68. The molecule has 0 aliphatic rings. The van der Waals surface area contributed by atoms with Crippen molar-refractivity contribution in [1.82, 2.24) is 0 Å². The summed E-state index contributed by atoms with van der Waals surface area (Å²) in [5.74, 6) is -0.267. The van der Waals surface area contributed by atoms with Crippen molar-refractivity contribution < 1.29 is 4.79 Å². The van der Waals surface area contributed by atoms with E-state index in [1.54, 1.807) is 42.1 Å². The van der Waals surface area contributed by atoms with Crippen LogP contribution in [-0.4, -0.2) is 12.2 Å². The zero-order valence-electron chi connectivity index (χ0n) is 10.7. The van der Waals surface area contributed by atoms with Gasteiger partial charge in [0.2, 0.25) is 0 Å². The molecule has 3 nitrogen and oxygen atoms in total. The molecular formula is C15H11ClN2OS. The number of hydrogen-bond acceptors (Lipinski definition) is 3. The molecule has 0 aromatic heterocycles. The minimum Gasteiger partial charge on any atom is -0.321 e. The Hall–Kier alpha value is -1.96. The fourth-order valence-electron chi connectivity index (χ4n) is 1.65. The summed E-state index contributed by atoms with van der Waals surface area (Å²) >= 11 is 7.49. The van der Waals surface area contributed by atoms with Crippen LogP contribution in [0, 0.1) is 11.3 Å². The predicted molar refractivity (Wildman–Crippen MR) is 82.3 cm³/mol. The second-order valence-corrected chi connectivity index (χ2v) is 5.30. The first kappa shape index (κ1) is 14.4. The van der Waals surface area contributed by atoms with Crippen LogP contribution >= 0.6 is 23.4 Å². The fraction of sp³-hybridized carbons (Fsp3) is 0.0667. The first-order valence-electron chi connectivity index (χ1n) is 5.79. The Labute approximate surface area is 126 Å². The van der Waals surface area contributed by atoms with Crippen LogP contribution in [0.15, 0.2) is 47.4 Å². The molecule has 0 saturated heterocycles. The van der Waals surface area contributed by atoms with Gasteiger partial charge in [-0.15, -0.1) is 11.8 Å². The molecule has 2 aromatic rings. The summed E-state index contributed by atoms with van der Waals surface area (Å²) in [6, 6.07) is 14.0. The zero-order chi connectivity index (χ0) is 14.5. The van der Waals surface area contributed by atoms with E-state index in [-0.39, 0.29) is 5.91 Å². The Kier molecular flexibility index (Phi) is 4.67. The third-order valence-electron chi connectivity index (χ3n) is 2.70. The van der Waals surface area contributed by atoms with Crippen molar-refractivity contribution in [2.24, 2.45) is 0 Å². The number of benzene rings is 2. The zero-order valence-corrected chi connectivity index (χ0v) is 12.3. The van der Waals surface area contributed by atoms with E-state index in [0.29, 0.717) is 21.8 Å². The van der Waals surface area contributed by atoms with Crippen LogP contribution in [0.25, 0.3) is 0 Å². The lowest BCUT2D eigenvalue weighted by Gasteiger charge is -2.08. The van der Waals surface area contributed by atoms with E-state index in [0.717, 1.165) is 4.90 Å². The lowest BCUT2D eigenvalue weighted by Crippen LogP contribution is -2.12. The number of anilines is 1. The highest BCUT2D eigenvalue weighted by atomic mass is 35.5. The molecule has 0 spiro atoms. The van der Waals surface area contributed by atoms with E-state index in [1.165, 1.54) is 0 Å². The molecule has 0 bridgehead atoms. The number of nitrogens with one attached hydrogen (secondary N) is 1. The number of thioether (sulfide) groups is 1. The van der Waals surface area contributed by atoms with Crippen LogP contribution in [0.1, 0.15) is 15.9 Å². The van der Waals surface area contributed by atoms with Gasteiger partial charge in [0.05, 0.1) is 11.3 Å². The maximum Gasteiger partial charge on any atom is 0.255 e. The van der Waals surface area contributed by atoms with Gasteiger partial charge in [-0.1, -0.05) is 11.6 Å². The average Bonchev–Trinajstić information content (AvgIpc) is 2.47. The molecule has 2 aromatic carbocycles. The van der Waals surface area contributed by atoms with Crippen LogP contribution in [0.3, 0.4) is 0 Å². The Morgan fingerprint density at radius 2 is 1.95 bits per heavy atom. The average molecular weight is 303 g/mol. The maximum absolute atomic E-state index is 12.1. The normalized spacial score (nSPS) is 9.85. The lowest BCUT2D eigenvalue weighted by molar-refractivity contribution is 0.102. The molecular weight excluding hydrogens is 292 g/mol. The number of nitriles is 1. The summed E-state index contributed by atoms with van der Waals surface area (Å²) in [5, 5.41) is 12.2. The summed E-state index contributed by atoms with van der Waals surface area (Å²) in [7, 11) is 0. The Bertz CT molecular complexity index is 677. The molecule has 0 unspecified atom stereocenters. The number of carbonyl (C=O) groups excluding carboxylic acids is 1. The molecule has 20 heavy (non-hydrogen) atoms. The van der Waals surface area contributed by atoms with E-state index < -0.39 is 0 Å². The van der Waals surface area contributed by atoms with Crippen LogP contribution in [0.4, 0.5) is 5.69 Å². The highest BCUT2D eigenvalue weighted by molar-refractivity contribution is 7.98. The summed E-state index contributed by atoms with van der Waals surface area (Å²) in [4.78, 5) is 13.2. The van der Waals surface area contributed by atoms with Gasteiger partial charge in [-0.05, 0) is 48.7 Å². The molecule has 1 N–H and O–H groups in total. The molecule has 5 heteroatoms. The van der Waals surface area contributed by atoms with Gasteiger partial charge in [-0.25, -0.2) is 0 Å². The highest BCUT2D eigenvalue weighted by Gasteiger charge is 2.09. The summed E-state index contributed by atoms with van der Waals surface area (Å²) in [6.45, 7) is 0. The molecule has 0 aliphatic carbocycles. The molecule has 0 radical (unpaired) electrons. The van der Waals surface area contributed by atoms with Gasteiger partial charge < -0.3 is 5.32 Å². The van der Waals surface area contributed by atoms with Crippen LogP contribution in [-0.2, 0) is 0 Å². The Morgan fingerprint density at radius 3 is 2.55 bits per heavy atom. The molecule has 0 fully saturated rings. The van der Waals surface area contributed by atoms with E-state index in [1.807, 2.05) is 24.5 Å². The van der Waals surface area contributed by atoms with Gasteiger partial charge in [-0.2, -0.15) is 5.26 Å². The van der Waals surface area contributed by atoms with Crippen molar-refractivity contribution >= 4 is 35.0 Å². The van der Waals surface area contributed by atoms with Crippen molar-refractivity contribution in [1.29, 1.82) is 5.26 Å². The second kappa shape index (κ2) is 6.47. The van der Waals surface area contributed by atoms with Crippen LogP contribution in [0.5, 0.6) is 0 Å². The number of amides is 1. The minimum absolute atomic E-state index is 0.267. The van der Waals surface area contributed by atoms with Gasteiger partial charge in [0.15, 0.2) is 0 Å². The fourth-order valence-corrected chi connectivity index (χ4v) is 2.23. The summed E-state index contributed by atoms with van der Waals surface area (Å²) in [5.41, 5.74) is 1.33. The molecule has 100 valence electrons. The van der Waals surface area contributed by atoms with Crippen molar-refractivity contribution in [3.63, 3.8) is 0 Å². The number of hydrogen-bond donors (Lipinski definition) is 1. The van der Waals surface area contributed by atoms with Crippen molar-refractivity contribution in [2.75, 3.05) is 11.6 Å². The Morgan fingerprint density at radius 1 is 1.25 bits per heavy atom. The monoisotopic (exact) mass is 302 g/mol. The number of halogens is 1. The lowest BCUT2D eigenvalue weighted by atomic mass is 10.1. The smallest absolute Gasteiger partial charge is 0.255 e. The predicted octanol–water partition coefficient (Wildman–Crippen LogP) is 4.19. The van der Waals surface area contributed by atoms with E-state index in [4.69, 9.17) is 16.9 Å². The number of carbonyl (C=O) groups is 1. The van der Waals surface area contributed by atoms with Crippen molar-refractivity contribution in [2.45, 2.75) is 4.90 Å².